The Bertz CT molecular complexity index is 389. The molecule has 0 N–H and O–H groups in total. The van der Waals surface area contributed by atoms with Gasteiger partial charge in [0.05, 0.1) is 11.7 Å². The molecule has 2 aromatic rings. The van der Waals surface area contributed by atoms with E-state index in [2.05, 4.69) is 40.6 Å². The Morgan fingerprint density at radius 2 is 2.08 bits per heavy atom. The molecule has 12 heavy (non-hydrogen) atoms. The van der Waals surface area contributed by atoms with E-state index < -0.39 is 0 Å². The van der Waals surface area contributed by atoms with Crippen LogP contribution in [0.3, 0.4) is 0 Å². The van der Waals surface area contributed by atoms with Crippen molar-refractivity contribution in [3.63, 3.8) is 0 Å². The highest BCUT2D eigenvalue weighted by Gasteiger charge is 2.04. The summed E-state index contributed by atoms with van der Waals surface area (Å²) in [7, 11) is 0. The Labute approximate surface area is 71.1 Å². The standard InChI is InChI=1S/C9H11N3/c1-7(2)9-4-3-8-5-10-11-6-12(8)9/h3-7H,1-2H3. The van der Waals surface area contributed by atoms with Gasteiger partial charge in [0.1, 0.15) is 6.33 Å². The van der Waals surface area contributed by atoms with Crippen LogP contribution in [0.4, 0.5) is 0 Å². The third-order valence-electron chi connectivity index (χ3n) is 2.00. The Morgan fingerprint density at radius 3 is 2.83 bits per heavy atom. The first kappa shape index (κ1) is 7.28. The average molecular weight is 161 g/mol. The van der Waals surface area contributed by atoms with E-state index in [1.54, 1.807) is 12.5 Å². The minimum Gasteiger partial charge on any atom is -0.301 e. The third kappa shape index (κ3) is 0.978. The van der Waals surface area contributed by atoms with Crippen molar-refractivity contribution < 1.29 is 0 Å². The lowest BCUT2D eigenvalue weighted by molar-refractivity contribution is 0.791. The quantitative estimate of drug-likeness (QED) is 0.639. The Morgan fingerprint density at radius 1 is 1.25 bits per heavy atom. The van der Waals surface area contributed by atoms with Gasteiger partial charge in [-0.2, -0.15) is 5.10 Å². The summed E-state index contributed by atoms with van der Waals surface area (Å²) in [5.74, 6) is 0.525. The van der Waals surface area contributed by atoms with Gasteiger partial charge in [0.15, 0.2) is 0 Å². The van der Waals surface area contributed by atoms with E-state index in [0.29, 0.717) is 5.92 Å². The molecule has 0 atom stereocenters. The number of rotatable bonds is 1. The van der Waals surface area contributed by atoms with Crippen LogP contribution in [0.25, 0.3) is 5.52 Å². The fourth-order valence-corrected chi connectivity index (χ4v) is 1.36. The third-order valence-corrected chi connectivity index (χ3v) is 2.00. The molecule has 0 unspecified atom stereocenters. The second kappa shape index (κ2) is 2.59. The van der Waals surface area contributed by atoms with Gasteiger partial charge in [-0.1, -0.05) is 13.8 Å². The largest absolute Gasteiger partial charge is 0.301 e. The van der Waals surface area contributed by atoms with Gasteiger partial charge in [-0.15, -0.1) is 5.10 Å². The predicted octanol–water partition coefficient (Wildman–Crippen LogP) is 1.85. The molecule has 0 saturated carbocycles. The molecule has 3 nitrogen and oxygen atoms in total. The summed E-state index contributed by atoms with van der Waals surface area (Å²) in [6.07, 6.45) is 3.52. The van der Waals surface area contributed by atoms with Gasteiger partial charge in [0, 0.05) is 5.69 Å². The van der Waals surface area contributed by atoms with Gasteiger partial charge in [0.2, 0.25) is 0 Å². The molecule has 0 radical (unpaired) electrons. The van der Waals surface area contributed by atoms with E-state index in [0.717, 1.165) is 5.52 Å². The molecule has 0 aliphatic carbocycles. The first-order valence-electron chi connectivity index (χ1n) is 4.06. The van der Waals surface area contributed by atoms with Crippen molar-refractivity contribution in [2.75, 3.05) is 0 Å². The fourth-order valence-electron chi connectivity index (χ4n) is 1.36. The monoisotopic (exact) mass is 161 g/mol. The van der Waals surface area contributed by atoms with Crippen LogP contribution >= 0.6 is 0 Å². The Kier molecular flexibility index (Phi) is 1.57. The van der Waals surface area contributed by atoms with Crippen LogP contribution < -0.4 is 0 Å². The molecule has 3 heteroatoms. The molecule has 0 saturated heterocycles. The predicted molar refractivity (Wildman–Crippen MR) is 47.1 cm³/mol. The topological polar surface area (TPSA) is 30.2 Å². The van der Waals surface area contributed by atoms with Gasteiger partial charge < -0.3 is 4.40 Å². The molecule has 2 aromatic heterocycles. The van der Waals surface area contributed by atoms with E-state index in [4.69, 9.17) is 0 Å². The number of aromatic nitrogens is 3. The minimum absolute atomic E-state index is 0.525. The van der Waals surface area contributed by atoms with Crippen molar-refractivity contribution in [2.45, 2.75) is 19.8 Å². The zero-order chi connectivity index (χ0) is 8.55. The number of hydrogen-bond acceptors (Lipinski definition) is 2. The second-order valence-electron chi connectivity index (χ2n) is 3.18. The van der Waals surface area contributed by atoms with Crippen molar-refractivity contribution in [1.29, 1.82) is 0 Å². The summed E-state index contributed by atoms with van der Waals surface area (Å²) in [6.45, 7) is 4.34. The number of hydrogen-bond donors (Lipinski definition) is 0. The minimum atomic E-state index is 0.525. The van der Waals surface area contributed by atoms with Gasteiger partial charge in [0.25, 0.3) is 0 Å². The molecule has 0 aromatic carbocycles. The molecular formula is C9H11N3. The first-order valence-corrected chi connectivity index (χ1v) is 4.06. The summed E-state index contributed by atoms with van der Waals surface area (Å²) in [6, 6.07) is 4.17. The molecule has 62 valence electrons. The van der Waals surface area contributed by atoms with E-state index in [9.17, 15) is 0 Å². The summed E-state index contributed by atoms with van der Waals surface area (Å²) in [5, 5.41) is 7.66. The number of nitrogens with zero attached hydrogens (tertiary/aromatic N) is 3. The molecule has 2 heterocycles. The van der Waals surface area contributed by atoms with Crippen LogP contribution in [-0.4, -0.2) is 14.6 Å². The highest BCUT2D eigenvalue weighted by atomic mass is 15.1. The maximum absolute atomic E-state index is 3.84. The van der Waals surface area contributed by atoms with Gasteiger partial charge >= 0.3 is 0 Å². The summed E-state index contributed by atoms with van der Waals surface area (Å²) in [5.41, 5.74) is 2.38. The molecule has 0 amide bonds. The highest BCUT2D eigenvalue weighted by molar-refractivity contribution is 5.47. The second-order valence-corrected chi connectivity index (χ2v) is 3.18. The molecule has 0 fully saturated rings. The van der Waals surface area contributed by atoms with Crippen molar-refractivity contribution >= 4 is 5.52 Å². The van der Waals surface area contributed by atoms with Gasteiger partial charge in [-0.05, 0) is 18.1 Å². The van der Waals surface area contributed by atoms with Crippen LogP contribution in [0.2, 0.25) is 0 Å². The zero-order valence-electron chi connectivity index (χ0n) is 7.23. The molecule has 0 aliphatic rings. The van der Waals surface area contributed by atoms with Crippen LogP contribution in [0, 0.1) is 0 Å². The van der Waals surface area contributed by atoms with Crippen molar-refractivity contribution in [3.8, 4) is 0 Å². The molecule has 2 rings (SSSR count). The van der Waals surface area contributed by atoms with E-state index >= 15 is 0 Å². The molecular weight excluding hydrogens is 150 g/mol. The molecule has 0 spiro atoms. The fraction of sp³-hybridized carbons (Fsp3) is 0.333. The lowest BCUT2D eigenvalue weighted by atomic mass is 10.1. The Balaban J connectivity index is 2.70. The average Bonchev–Trinajstić information content (AvgIpc) is 2.47. The van der Waals surface area contributed by atoms with Crippen LogP contribution in [0.5, 0.6) is 0 Å². The maximum Gasteiger partial charge on any atom is 0.122 e. The van der Waals surface area contributed by atoms with Crippen LogP contribution in [-0.2, 0) is 0 Å². The Hall–Kier alpha value is -1.38. The maximum atomic E-state index is 3.84. The number of fused-ring (bicyclic) bond motifs is 1. The molecule has 0 aliphatic heterocycles. The normalized spacial score (nSPS) is 11.2. The van der Waals surface area contributed by atoms with Crippen molar-refractivity contribution in [3.05, 3.63) is 30.4 Å². The zero-order valence-corrected chi connectivity index (χ0v) is 7.23. The molecule has 0 bridgehead atoms. The SMILES string of the molecule is CC(C)c1ccc2cnncn12. The summed E-state index contributed by atoms with van der Waals surface area (Å²) < 4.78 is 2.07. The van der Waals surface area contributed by atoms with Crippen LogP contribution in [0.1, 0.15) is 25.5 Å². The summed E-state index contributed by atoms with van der Waals surface area (Å²) >= 11 is 0. The van der Waals surface area contributed by atoms with Gasteiger partial charge in [-0.25, -0.2) is 0 Å². The van der Waals surface area contributed by atoms with Gasteiger partial charge in [-0.3, -0.25) is 0 Å². The van der Waals surface area contributed by atoms with Crippen LogP contribution in [0.15, 0.2) is 24.7 Å². The lowest BCUT2D eigenvalue weighted by Crippen LogP contribution is -1.96. The summed E-state index contributed by atoms with van der Waals surface area (Å²) in [4.78, 5) is 0. The van der Waals surface area contributed by atoms with E-state index in [-0.39, 0.29) is 0 Å². The van der Waals surface area contributed by atoms with Crippen molar-refractivity contribution in [1.82, 2.24) is 14.6 Å². The lowest BCUT2D eigenvalue weighted by Gasteiger charge is -2.03. The van der Waals surface area contributed by atoms with E-state index in [1.165, 1.54) is 5.69 Å². The first-order chi connectivity index (χ1) is 5.79. The van der Waals surface area contributed by atoms with Crippen molar-refractivity contribution in [2.24, 2.45) is 0 Å². The highest BCUT2D eigenvalue weighted by Crippen LogP contribution is 2.16. The smallest absolute Gasteiger partial charge is 0.122 e. The van der Waals surface area contributed by atoms with E-state index in [1.807, 2.05) is 0 Å².